The summed E-state index contributed by atoms with van der Waals surface area (Å²) in [6.45, 7) is 1.85. The molecule has 18 heavy (non-hydrogen) atoms. The highest BCUT2D eigenvalue weighted by Crippen LogP contribution is 2.30. The molecular formula is C14H11ClF2O. The number of halogens is 3. The van der Waals surface area contributed by atoms with Crippen molar-refractivity contribution in [1.29, 1.82) is 0 Å². The van der Waals surface area contributed by atoms with Crippen LogP contribution in [0.3, 0.4) is 0 Å². The van der Waals surface area contributed by atoms with E-state index in [2.05, 4.69) is 0 Å². The lowest BCUT2D eigenvalue weighted by molar-refractivity contribution is 0.213. The second-order valence-electron chi connectivity index (χ2n) is 4.07. The van der Waals surface area contributed by atoms with E-state index < -0.39 is 17.7 Å². The summed E-state index contributed by atoms with van der Waals surface area (Å²) < 4.78 is 26.7. The van der Waals surface area contributed by atoms with E-state index in [1.807, 2.05) is 6.92 Å². The molecular weight excluding hydrogens is 258 g/mol. The fraction of sp³-hybridized carbons (Fsp3) is 0.143. The molecule has 0 heterocycles. The van der Waals surface area contributed by atoms with Crippen LogP contribution in [0, 0.1) is 18.6 Å². The smallest absolute Gasteiger partial charge is 0.164 e. The highest BCUT2D eigenvalue weighted by molar-refractivity contribution is 6.31. The molecule has 1 unspecified atom stereocenters. The molecule has 0 radical (unpaired) electrons. The Hall–Kier alpha value is -1.45. The largest absolute Gasteiger partial charge is 0.383 e. The zero-order valence-corrected chi connectivity index (χ0v) is 10.4. The SMILES string of the molecule is Cc1ccc(C(O)c2cccc(F)c2F)c(Cl)c1. The minimum Gasteiger partial charge on any atom is -0.383 e. The molecule has 2 aromatic rings. The second kappa shape index (κ2) is 5.04. The average Bonchev–Trinajstić information content (AvgIpc) is 2.32. The van der Waals surface area contributed by atoms with Gasteiger partial charge in [0.2, 0.25) is 0 Å². The van der Waals surface area contributed by atoms with Gasteiger partial charge in [-0.05, 0) is 24.6 Å². The van der Waals surface area contributed by atoms with Gasteiger partial charge in [0.05, 0.1) is 0 Å². The van der Waals surface area contributed by atoms with Crippen molar-refractivity contribution in [3.8, 4) is 0 Å². The maximum Gasteiger partial charge on any atom is 0.164 e. The highest BCUT2D eigenvalue weighted by atomic mass is 35.5. The van der Waals surface area contributed by atoms with Crippen molar-refractivity contribution in [1.82, 2.24) is 0 Å². The van der Waals surface area contributed by atoms with E-state index in [1.165, 1.54) is 12.1 Å². The van der Waals surface area contributed by atoms with E-state index in [4.69, 9.17) is 11.6 Å². The van der Waals surface area contributed by atoms with Gasteiger partial charge >= 0.3 is 0 Å². The van der Waals surface area contributed by atoms with Crippen LogP contribution in [-0.4, -0.2) is 5.11 Å². The summed E-state index contributed by atoms with van der Waals surface area (Å²) in [6.07, 6.45) is -1.28. The zero-order valence-electron chi connectivity index (χ0n) is 9.62. The van der Waals surface area contributed by atoms with Gasteiger partial charge in [0.1, 0.15) is 6.10 Å². The summed E-state index contributed by atoms with van der Waals surface area (Å²) in [7, 11) is 0. The number of hydrogen-bond donors (Lipinski definition) is 1. The summed E-state index contributed by atoms with van der Waals surface area (Å²) in [6, 6.07) is 8.70. The number of aliphatic hydroxyl groups is 1. The van der Waals surface area contributed by atoms with E-state index in [0.717, 1.165) is 11.6 Å². The van der Waals surface area contributed by atoms with Crippen LogP contribution in [-0.2, 0) is 0 Å². The molecule has 0 aliphatic rings. The number of aryl methyl sites for hydroxylation is 1. The predicted molar refractivity (Wildman–Crippen MR) is 66.6 cm³/mol. The van der Waals surface area contributed by atoms with E-state index in [9.17, 15) is 13.9 Å². The van der Waals surface area contributed by atoms with Gasteiger partial charge < -0.3 is 5.11 Å². The van der Waals surface area contributed by atoms with E-state index in [1.54, 1.807) is 18.2 Å². The van der Waals surface area contributed by atoms with Gasteiger partial charge in [-0.2, -0.15) is 0 Å². The van der Waals surface area contributed by atoms with Crippen molar-refractivity contribution in [3.63, 3.8) is 0 Å². The lowest BCUT2D eigenvalue weighted by Gasteiger charge is -2.14. The molecule has 0 aliphatic carbocycles. The van der Waals surface area contributed by atoms with Crippen molar-refractivity contribution in [2.24, 2.45) is 0 Å². The van der Waals surface area contributed by atoms with Crippen LogP contribution < -0.4 is 0 Å². The van der Waals surface area contributed by atoms with Crippen molar-refractivity contribution < 1.29 is 13.9 Å². The molecule has 0 bridgehead atoms. The van der Waals surface area contributed by atoms with E-state index in [0.29, 0.717) is 10.6 Å². The predicted octanol–water partition coefficient (Wildman–Crippen LogP) is 4.01. The fourth-order valence-electron chi connectivity index (χ4n) is 1.75. The van der Waals surface area contributed by atoms with Gasteiger partial charge in [-0.1, -0.05) is 35.9 Å². The van der Waals surface area contributed by atoms with Crippen LogP contribution in [0.2, 0.25) is 5.02 Å². The van der Waals surface area contributed by atoms with Gasteiger partial charge in [-0.25, -0.2) is 8.78 Å². The Labute approximate surface area is 109 Å². The third kappa shape index (κ3) is 2.37. The van der Waals surface area contributed by atoms with Crippen LogP contribution in [0.5, 0.6) is 0 Å². The van der Waals surface area contributed by atoms with Gasteiger partial charge in [0, 0.05) is 16.1 Å². The Kier molecular flexibility index (Phi) is 3.64. The normalized spacial score (nSPS) is 12.5. The number of rotatable bonds is 2. The topological polar surface area (TPSA) is 20.2 Å². The van der Waals surface area contributed by atoms with Crippen molar-refractivity contribution in [3.05, 3.63) is 69.7 Å². The van der Waals surface area contributed by atoms with Crippen LogP contribution in [0.1, 0.15) is 22.8 Å². The van der Waals surface area contributed by atoms with Gasteiger partial charge in [-0.15, -0.1) is 0 Å². The van der Waals surface area contributed by atoms with E-state index in [-0.39, 0.29) is 5.56 Å². The summed E-state index contributed by atoms with van der Waals surface area (Å²) in [5.41, 5.74) is 1.16. The second-order valence-corrected chi connectivity index (χ2v) is 4.48. The zero-order chi connectivity index (χ0) is 13.3. The molecule has 1 atom stereocenters. The Morgan fingerprint density at radius 2 is 1.83 bits per heavy atom. The molecule has 94 valence electrons. The molecule has 0 saturated carbocycles. The van der Waals surface area contributed by atoms with Crippen LogP contribution >= 0.6 is 11.6 Å². The first-order valence-electron chi connectivity index (χ1n) is 5.38. The Bertz CT molecular complexity index is 584. The quantitative estimate of drug-likeness (QED) is 0.873. The summed E-state index contributed by atoms with van der Waals surface area (Å²) >= 11 is 5.99. The molecule has 1 nitrogen and oxygen atoms in total. The summed E-state index contributed by atoms with van der Waals surface area (Å²) in [5.74, 6) is -2.04. The van der Waals surface area contributed by atoms with Gasteiger partial charge in [0.25, 0.3) is 0 Å². The molecule has 0 saturated heterocycles. The molecule has 1 N–H and O–H groups in total. The van der Waals surface area contributed by atoms with Crippen LogP contribution in [0.25, 0.3) is 0 Å². The maximum absolute atomic E-state index is 13.6. The Morgan fingerprint density at radius 1 is 1.11 bits per heavy atom. The molecule has 0 aliphatic heterocycles. The van der Waals surface area contributed by atoms with Crippen molar-refractivity contribution in [2.75, 3.05) is 0 Å². The highest BCUT2D eigenvalue weighted by Gasteiger charge is 2.19. The fourth-order valence-corrected chi connectivity index (χ4v) is 2.09. The third-order valence-corrected chi connectivity index (χ3v) is 3.05. The van der Waals surface area contributed by atoms with Crippen LogP contribution in [0.15, 0.2) is 36.4 Å². The summed E-state index contributed by atoms with van der Waals surface area (Å²) in [5, 5.41) is 10.4. The lowest BCUT2D eigenvalue weighted by atomic mass is 10.00. The monoisotopic (exact) mass is 268 g/mol. The number of hydrogen-bond acceptors (Lipinski definition) is 1. The molecule has 2 aromatic carbocycles. The molecule has 0 fully saturated rings. The average molecular weight is 269 g/mol. The number of aliphatic hydroxyl groups excluding tert-OH is 1. The Balaban J connectivity index is 2.48. The molecule has 0 spiro atoms. The van der Waals surface area contributed by atoms with Crippen molar-refractivity contribution in [2.45, 2.75) is 13.0 Å². The Morgan fingerprint density at radius 3 is 2.50 bits per heavy atom. The van der Waals surface area contributed by atoms with Gasteiger partial charge in [0.15, 0.2) is 11.6 Å². The molecule has 4 heteroatoms. The minimum atomic E-state index is -1.28. The third-order valence-electron chi connectivity index (χ3n) is 2.73. The van der Waals surface area contributed by atoms with Gasteiger partial charge in [-0.3, -0.25) is 0 Å². The first kappa shape index (κ1) is 13.0. The lowest BCUT2D eigenvalue weighted by Crippen LogP contribution is -2.05. The minimum absolute atomic E-state index is 0.124. The molecule has 2 rings (SSSR count). The maximum atomic E-state index is 13.6. The summed E-state index contributed by atoms with van der Waals surface area (Å²) in [4.78, 5) is 0. The van der Waals surface area contributed by atoms with Crippen molar-refractivity contribution >= 4 is 11.6 Å². The standard InChI is InChI=1S/C14H11ClF2O/c1-8-5-6-9(11(15)7-8)14(18)10-3-2-4-12(16)13(10)17/h2-7,14,18H,1H3. The first-order chi connectivity index (χ1) is 8.50. The first-order valence-corrected chi connectivity index (χ1v) is 5.76. The molecule has 0 amide bonds. The number of benzene rings is 2. The molecule has 0 aromatic heterocycles. The van der Waals surface area contributed by atoms with Crippen LogP contribution in [0.4, 0.5) is 8.78 Å². The van der Waals surface area contributed by atoms with E-state index >= 15 is 0 Å².